The monoisotopic (exact) mass is 565 g/mol. The molecule has 0 aromatic heterocycles. The van der Waals surface area contributed by atoms with E-state index >= 15 is 0 Å². The van der Waals surface area contributed by atoms with E-state index in [1.54, 1.807) is 6.92 Å². The minimum atomic E-state index is -1.20. The summed E-state index contributed by atoms with van der Waals surface area (Å²) in [4.78, 5) is 51.5. The summed E-state index contributed by atoms with van der Waals surface area (Å²) >= 11 is 0. The van der Waals surface area contributed by atoms with Gasteiger partial charge >= 0.3 is 5.97 Å². The van der Waals surface area contributed by atoms with Crippen molar-refractivity contribution in [1.29, 1.82) is 0 Å². The van der Waals surface area contributed by atoms with Crippen molar-refractivity contribution in [2.75, 3.05) is 0 Å². The topological polar surface area (TPSA) is 114 Å². The lowest BCUT2D eigenvalue weighted by Gasteiger charge is -2.21. The van der Waals surface area contributed by atoms with Crippen molar-refractivity contribution in [3.8, 4) is 0 Å². The zero-order valence-electron chi connectivity index (χ0n) is 23.5. The van der Waals surface area contributed by atoms with E-state index < -0.39 is 29.9 Å². The average Bonchev–Trinajstić information content (AvgIpc) is 3.02. The second kappa shape index (κ2) is 15.1. The van der Waals surface area contributed by atoms with E-state index in [1.165, 1.54) is 0 Å². The van der Waals surface area contributed by atoms with Gasteiger partial charge in [-0.2, -0.15) is 0 Å². The highest BCUT2D eigenvalue weighted by molar-refractivity contribution is 5.94. The van der Waals surface area contributed by atoms with Crippen LogP contribution in [0.15, 0.2) is 103 Å². The summed E-state index contributed by atoms with van der Waals surface area (Å²) in [6.07, 6.45) is 0.237. The predicted molar refractivity (Wildman–Crippen MR) is 161 cm³/mol. The van der Waals surface area contributed by atoms with Crippen molar-refractivity contribution in [2.24, 2.45) is 0 Å². The first-order valence-corrected chi connectivity index (χ1v) is 14.0. The highest BCUT2D eigenvalue weighted by Gasteiger charge is 2.27. The maximum Gasteiger partial charge on any atom is 0.308 e. The lowest BCUT2D eigenvalue weighted by molar-refractivity contribution is -0.147. The number of esters is 1. The Morgan fingerprint density at radius 2 is 1.36 bits per heavy atom. The molecule has 216 valence electrons. The van der Waals surface area contributed by atoms with Crippen LogP contribution in [0.3, 0.4) is 0 Å². The van der Waals surface area contributed by atoms with Crippen molar-refractivity contribution in [2.45, 2.75) is 51.4 Å². The molecule has 2 atom stereocenters. The number of amides is 3. The number of carbonyl (C=O) groups excluding carboxylic acids is 4. The highest BCUT2D eigenvalue weighted by atomic mass is 16.5. The summed E-state index contributed by atoms with van der Waals surface area (Å²) in [6.45, 7) is 1.88. The zero-order valence-corrected chi connectivity index (χ0v) is 23.5. The Hall–Kier alpha value is -4.98. The Morgan fingerprint density at radius 3 is 2.10 bits per heavy atom. The van der Waals surface area contributed by atoms with Gasteiger partial charge in [-0.25, -0.2) is 0 Å². The fraction of sp³-hybridized carbons (Fsp3) is 0.235. The normalized spacial score (nSPS) is 12.1. The van der Waals surface area contributed by atoms with Crippen molar-refractivity contribution >= 4 is 34.5 Å². The Morgan fingerprint density at radius 1 is 0.714 bits per heavy atom. The Bertz CT molecular complexity index is 1440. The molecule has 3 N–H and O–H groups in total. The minimum absolute atomic E-state index is 0.0446. The van der Waals surface area contributed by atoms with Gasteiger partial charge in [0.05, 0.1) is 6.42 Å². The van der Waals surface area contributed by atoms with E-state index in [1.807, 2.05) is 103 Å². The molecule has 0 aliphatic heterocycles. The van der Waals surface area contributed by atoms with Gasteiger partial charge in [-0.15, -0.1) is 0 Å². The molecule has 0 spiro atoms. The molecule has 0 saturated heterocycles. The molecule has 0 saturated carbocycles. The molecule has 0 fully saturated rings. The van der Waals surface area contributed by atoms with E-state index in [9.17, 15) is 19.2 Å². The molecule has 0 aliphatic carbocycles. The van der Waals surface area contributed by atoms with Crippen molar-refractivity contribution in [3.63, 3.8) is 0 Å². The molecule has 3 amide bonds. The average molecular weight is 566 g/mol. The number of hydrogen-bond donors (Lipinski definition) is 3. The number of aryl methyl sites for hydroxylation is 1. The lowest BCUT2D eigenvalue weighted by Crippen LogP contribution is -2.53. The number of nitrogens with one attached hydrogen (secondary N) is 3. The molecular weight excluding hydrogens is 530 g/mol. The molecule has 0 heterocycles. The van der Waals surface area contributed by atoms with Crippen LogP contribution in [0.4, 0.5) is 0 Å². The number of carbonyl (C=O) groups is 4. The van der Waals surface area contributed by atoms with Crippen LogP contribution in [-0.2, 0) is 43.5 Å². The van der Waals surface area contributed by atoms with Crippen LogP contribution < -0.4 is 16.0 Å². The second-order valence-corrected chi connectivity index (χ2v) is 10.0. The van der Waals surface area contributed by atoms with Gasteiger partial charge in [-0.3, -0.25) is 19.2 Å². The highest BCUT2D eigenvalue weighted by Crippen LogP contribution is 2.18. The molecule has 4 rings (SSSR count). The van der Waals surface area contributed by atoms with E-state index in [0.29, 0.717) is 6.42 Å². The fourth-order valence-electron chi connectivity index (χ4n) is 4.50. The van der Waals surface area contributed by atoms with Crippen LogP contribution >= 0.6 is 0 Å². The first kappa shape index (κ1) is 30.0. The van der Waals surface area contributed by atoms with Crippen molar-refractivity contribution in [1.82, 2.24) is 16.0 Å². The van der Waals surface area contributed by atoms with E-state index in [0.717, 1.165) is 27.5 Å². The van der Waals surface area contributed by atoms with E-state index in [2.05, 4.69) is 16.0 Å². The van der Waals surface area contributed by atoms with Crippen LogP contribution in [0, 0.1) is 0 Å². The maximum atomic E-state index is 13.2. The van der Waals surface area contributed by atoms with Gasteiger partial charge in [0.15, 0.2) is 0 Å². The maximum absolute atomic E-state index is 13.2. The molecule has 4 aromatic carbocycles. The van der Waals surface area contributed by atoms with Crippen molar-refractivity contribution in [3.05, 3.63) is 120 Å². The first-order chi connectivity index (χ1) is 20.4. The molecule has 0 bridgehead atoms. The van der Waals surface area contributed by atoms with Crippen LogP contribution in [-0.4, -0.2) is 35.8 Å². The number of ether oxygens (including phenoxy) is 1. The molecule has 0 radical (unpaired) electrons. The third kappa shape index (κ3) is 9.02. The Balaban J connectivity index is 1.35. The van der Waals surface area contributed by atoms with Gasteiger partial charge < -0.3 is 20.7 Å². The van der Waals surface area contributed by atoms with Gasteiger partial charge in [0.2, 0.25) is 17.7 Å². The van der Waals surface area contributed by atoms with Gasteiger partial charge in [-0.1, -0.05) is 103 Å². The quantitative estimate of drug-likeness (QED) is 0.210. The number of fused-ring (bicyclic) bond motifs is 1. The van der Waals surface area contributed by atoms with E-state index in [4.69, 9.17) is 4.74 Å². The largest absolute Gasteiger partial charge is 0.461 e. The number of hydrogen-bond acceptors (Lipinski definition) is 5. The smallest absolute Gasteiger partial charge is 0.308 e. The van der Waals surface area contributed by atoms with Gasteiger partial charge in [0.25, 0.3) is 0 Å². The molecule has 8 nitrogen and oxygen atoms in total. The summed E-state index contributed by atoms with van der Waals surface area (Å²) < 4.78 is 5.35. The third-order valence-electron chi connectivity index (χ3n) is 6.83. The molecule has 8 heteroatoms. The number of benzene rings is 4. The summed E-state index contributed by atoms with van der Waals surface area (Å²) in [5.41, 5.74) is 2.73. The van der Waals surface area contributed by atoms with Gasteiger partial charge in [-0.05, 0) is 40.8 Å². The third-order valence-corrected chi connectivity index (χ3v) is 6.83. The molecule has 0 aliphatic rings. The standard InChI is InChI=1S/C34H35N3O5/c1-24(33(40)35-22-28-17-10-16-27-15-8-9-18-29(27)28)36-34(41)30(21-32(39)42-23-26-13-6-3-7-14-26)37-31(38)20-19-25-11-4-2-5-12-25/h2-18,24,30H,19-23H2,1H3,(H,35,40)(H,36,41)(H,37,38). The van der Waals surface area contributed by atoms with Crippen LogP contribution in [0.1, 0.15) is 36.5 Å². The minimum Gasteiger partial charge on any atom is -0.461 e. The van der Waals surface area contributed by atoms with Crippen LogP contribution in [0.25, 0.3) is 10.8 Å². The summed E-state index contributed by atoms with van der Waals surface area (Å²) in [5.74, 6) is -2.07. The first-order valence-electron chi connectivity index (χ1n) is 14.0. The Kier molecular flexibility index (Phi) is 10.8. The molecule has 4 aromatic rings. The van der Waals surface area contributed by atoms with Crippen molar-refractivity contribution < 1.29 is 23.9 Å². The molecule has 2 unspecified atom stereocenters. The predicted octanol–water partition coefficient (Wildman–Crippen LogP) is 4.21. The Labute approximate surface area is 245 Å². The second-order valence-electron chi connectivity index (χ2n) is 10.0. The lowest BCUT2D eigenvalue weighted by atomic mass is 10.0. The molecular formula is C34H35N3O5. The van der Waals surface area contributed by atoms with Crippen LogP contribution in [0.5, 0.6) is 0 Å². The summed E-state index contributed by atoms with van der Waals surface area (Å²) in [7, 11) is 0. The number of rotatable bonds is 13. The molecule has 42 heavy (non-hydrogen) atoms. The SMILES string of the molecule is CC(NC(=O)C(CC(=O)OCc1ccccc1)NC(=O)CCc1ccccc1)C(=O)NCc1cccc2ccccc12. The fourth-order valence-corrected chi connectivity index (χ4v) is 4.50. The summed E-state index contributed by atoms with van der Waals surface area (Å²) in [5, 5.41) is 10.3. The van der Waals surface area contributed by atoms with Gasteiger partial charge in [0, 0.05) is 13.0 Å². The summed E-state index contributed by atoms with van der Waals surface area (Å²) in [6, 6.07) is 30.3. The van der Waals surface area contributed by atoms with Crippen LogP contribution in [0.2, 0.25) is 0 Å². The van der Waals surface area contributed by atoms with Gasteiger partial charge in [0.1, 0.15) is 18.7 Å². The van der Waals surface area contributed by atoms with E-state index in [-0.39, 0.29) is 31.9 Å². The zero-order chi connectivity index (χ0) is 29.7.